The van der Waals surface area contributed by atoms with Gasteiger partial charge in [0.1, 0.15) is 5.82 Å². The Morgan fingerprint density at radius 2 is 1.80 bits per heavy atom. The zero-order valence-corrected chi connectivity index (χ0v) is 17.2. The van der Waals surface area contributed by atoms with Gasteiger partial charge in [-0.05, 0) is 67.6 Å². The Bertz CT molecular complexity index is 1090. The van der Waals surface area contributed by atoms with Crippen LogP contribution in [0.15, 0.2) is 53.4 Å². The average molecular weight is 428 g/mol. The molecule has 2 fully saturated rings. The highest BCUT2D eigenvalue weighted by atomic mass is 32.2. The molecule has 0 radical (unpaired) electrons. The van der Waals surface area contributed by atoms with Crippen LogP contribution in [0.1, 0.15) is 31.2 Å². The summed E-state index contributed by atoms with van der Waals surface area (Å²) < 4.78 is 40.1. The average Bonchev–Trinajstić information content (AvgIpc) is 3.56. The second-order valence-corrected chi connectivity index (χ2v) is 9.85. The van der Waals surface area contributed by atoms with Gasteiger partial charge in [-0.25, -0.2) is 12.8 Å². The summed E-state index contributed by atoms with van der Waals surface area (Å²) in [5.74, 6) is -1.20. The number of carbonyl (C=O) groups excluding carboxylic acids is 1. The monoisotopic (exact) mass is 427 g/mol. The predicted molar refractivity (Wildman–Crippen MR) is 109 cm³/mol. The van der Waals surface area contributed by atoms with Crippen LogP contribution in [0.2, 0.25) is 0 Å². The van der Waals surface area contributed by atoms with Crippen LogP contribution < -0.4 is 5.32 Å². The number of piperidine rings is 1. The van der Waals surface area contributed by atoms with Gasteiger partial charge in [0.25, 0.3) is 0 Å². The summed E-state index contributed by atoms with van der Waals surface area (Å²) in [6.45, 7) is 0.412. The highest BCUT2D eigenvalue weighted by Crippen LogP contribution is 2.47. The minimum atomic E-state index is -3.78. The van der Waals surface area contributed by atoms with E-state index in [1.807, 2.05) is 12.1 Å². The first-order valence-corrected chi connectivity index (χ1v) is 11.4. The molecule has 1 atom stereocenters. The molecule has 1 saturated carbocycles. The van der Waals surface area contributed by atoms with Gasteiger partial charge in [-0.15, -0.1) is 0 Å². The maximum atomic E-state index is 13.1. The molecule has 0 aromatic heterocycles. The first kappa shape index (κ1) is 20.5. The molecule has 0 bridgehead atoms. The highest BCUT2D eigenvalue weighted by Gasteiger charge is 2.44. The predicted octanol–water partition coefficient (Wildman–Crippen LogP) is 3.42. The summed E-state index contributed by atoms with van der Waals surface area (Å²) in [6, 6.07) is 14.3. The first-order chi connectivity index (χ1) is 14.3. The number of nitrogens with zero attached hydrogens (tertiary/aromatic N) is 2. The Labute approximate surface area is 175 Å². The number of nitriles is 1. The third-order valence-corrected chi connectivity index (χ3v) is 7.75. The molecule has 1 aliphatic carbocycles. The number of nitrogens with one attached hydrogen (secondary N) is 1. The van der Waals surface area contributed by atoms with Crippen molar-refractivity contribution in [3.63, 3.8) is 0 Å². The first-order valence-electron chi connectivity index (χ1n) is 9.92. The smallest absolute Gasteiger partial charge is 0.243 e. The highest BCUT2D eigenvalue weighted by molar-refractivity contribution is 7.89. The number of anilines is 1. The maximum absolute atomic E-state index is 13.1. The second-order valence-electron chi connectivity index (χ2n) is 7.92. The Morgan fingerprint density at radius 3 is 2.40 bits per heavy atom. The summed E-state index contributed by atoms with van der Waals surface area (Å²) in [7, 11) is -3.78. The molecule has 6 nitrogen and oxygen atoms in total. The zero-order chi connectivity index (χ0) is 21.4. The van der Waals surface area contributed by atoms with Crippen molar-refractivity contribution in [1.82, 2.24) is 4.31 Å². The summed E-state index contributed by atoms with van der Waals surface area (Å²) in [6.07, 6.45) is 2.88. The van der Waals surface area contributed by atoms with Gasteiger partial charge in [-0.3, -0.25) is 4.79 Å². The lowest BCUT2D eigenvalue weighted by molar-refractivity contribution is -0.120. The number of benzene rings is 2. The van der Waals surface area contributed by atoms with Crippen molar-refractivity contribution in [3.8, 4) is 6.07 Å². The molecule has 1 amide bonds. The molecule has 30 heavy (non-hydrogen) atoms. The molecule has 0 unspecified atom stereocenters. The second kappa shape index (κ2) is 7.82. The van der Waals surface area contributed by atoms with Crippen LogP contribution >= 0.6 is 0 Å². The minimum Gasteiger partial charge on any atom is -0.326 e. The molecule has 156 valence electrons. The third-order valence-electron chi connectivity index (χ3n) is 5.88. The Kier molecular flexibility index (Phi) is 5.35. The van der Waals surface area contributed by atoms with Gasteiger partial charge in [0.2, 0.25) is 15.9 Å². The molecular weight excluding hydrogens is 405 g/mol. The Balaban J connectivity index is 1.42. The topological polar surface area (TPSA) is 90.3 Å². The van der Waals surface area contributed by atoms with E-state index in [9.17, 15) is 22.9 Å². The van der Waals surface area contributed by atoms with E-state index in [2.05, 4.69) is 11.4 Å². The van der Waals surface area contributed by atoms with E-state index in [0.717, 1.165) is 30.5 Å². The van der Waals surface area contributed by atoms with E-state index in [-0.39, 0.29) is 22.8 Å². The van der Waals surface area contributed by atoms with Crippen molar-refractivity contribution in [1.29, 1.82) is 5.26 Å². The van der Waals surface area contributed by atoms with Crippen molar-refractivity contribution in [2.24, 2.45) is 5.92 Å². The van der Waals surface area contributed by atoms with Crippen LogP contribution in [0.5, 0.6) is 0 Å². The van der Waals surface area contributed by atoms with E-state index in [1.165, 1.54) is 16.4 Å². The fourth-order valence-electron chi connectivity index (χ4n) is 3.84. The van der Waals surface area contributed by atoms with Crippen LogP contribution in [-0.2, 0) is 20.2 Å². The van der Waals surface area contributed by atoms with Gasteiger partial charge in [0.05, 0.1) is 22.3 Å². The number of halogens is 1. The van der Waals surface area contributed by atoms with Crippen LogP contribution in [-0.4, -0.2) is 31.7 Å². The number of carbonyl (C=O) groups is 1. The van der Waals surface area contributed by atoms with E-state index in [0.29, 0.717) is 25.1 Å². The van der Waals surface area contributed by atoms with Gasteiger partial charge >= 0.3 is 0 Å². The van der Waals surface area contributed by atoms with Crippen LogP contribution in [0.4, 0.5) is 10.1 Å². The van der Waals surface area contributed by atoms with Gasteiger partial charge in [0, 0.05) is 18.8 Å². The number of hydrogen-bond acceptors (Lipinski definition) is 4. The van der Waals surface area contributed by atoms with Crippen molar-refractivity contribution in [2.45, 2.75) is 36.0 Å². The number of hydrogen-bond donors (Lipinski definition) is 1. The van der Waals surface area contributed by atoms with Gasteiger partial charge in [0.15, 0.2) is 0 Å². The molecule has 1 heterocycles. The van der Waals surface area contributed by atoms with Gasteiger partial charge in [-0.2, -0.15) is 9.57 Å². The molecule has 2 aliphatic rings. The standard InChI is InChI=1S/C22H22FN3O3S/c23-18-5-9-20(10-6-18)30(28,29)26-13-1-2-16(14-26)21(27)25-19-7-3-17(4-8-19)22(15-24)11-12-22/h3-10,16H,1-2,11-14H2,(H,25,27)/t16-/m1/s1. The molecule has 1 aliphatic heterocycles. The van der Waals surface area contributed by atoms with E-state index in [1.54, 1.807) is 12.1 Å². The maximum Gasteiger partial charge on any atom is 0.243 e. The van der Waals surface area contributed by atoms with Crippen molar-refractivity contribution >= 4 is 21.6 Å². The lowest BCUT2D eigenvalue weighted by Crippen LogP contribution is -2.43. The minimum absolute atomic E-state index is 0.0204. The summed E-state index contributed by atoms with van der Waals surface area (Å²) in [5, 5.41) is 12.1. The third kappa shape index (κ3) is 3.95. The molecule has 1 saturated heterocycles. The van der Waals surface area contributed by atoms with E-state index in [4.69, 9.17) is 0 Å². The Morgan fingerprint density at radius 1 is 1.13 bits per heavy atom. The lowest BCUT2D eigenvalue weighted by Gasteiger charge is -2.31. The lowest BCUT2D eigenvalue weighted by atomic mass is 9.97. The van der Waals surface area contributed by atoms with Gasteiger partial charge in [-0.1, -0.05) is 12.1 Å². The van der Waals surface area contributed by atoms with Crippen molar-refractivity contribution in [2.75, 3.05) is 18.4 Å². The summed E-state index contributed by atoms with van der Waals surface area (Å²) >= 11 is 0. The molecular formula is C22H22FN3O3S. The molecule has 8 heteroatoms. The molecule has 2 aromatic rings. The normalized spacial score (nSPS) is 20.9. The van der Waals surface area contributed by atoms with Crippen molar-refractivity contribution < 1.29 is 17.6 Å². The number of sulfonamides is 1. The van der Waals surface area contributed by atoms with Gasteiger partial charge < -0.3 is 5.32 Å². The van der Waals surface area contributed by atoms with Crippen LogP contribution in [0.25, 0.3) is 0 Å². The quantitative estimate of drug-likeness (QED) is 0.792. The SMILES string of the molecule is N#CC1(c2ccc(NC(=O)[C@@H]3CCCN(S(=O)(=O)c4ccc(F)cc4)C3)cc2)CC1. The van der Waals surface area contributed by atoms with E-state index < -0.39 is 21.8 Å². The van der Waals surface area contributed by atoms with Crippen LogP contribution in [0.3, 0.4) is 0 Å². The molecule has 4 rings (SSSR count). The fourth-order valence-corrected chi connectivity index (χ4v) is 5.36. The van der Waals surface area contributed by atoms with Crippen molar-refractivity contribution in [3.05, 3.63) is 59.9 Å². The molecule has 1 N–H and O–H groups in total. The molecule has 0 spiro atoms. The molecule has 2 aromatic carbocycles. The summed E-state index contributed by atoms with van der Waals surface area (Å²) in [4.78, 5) is 12.8. The number of amides is 1. The fraction of sp³-hybridized carbons (Fsp3) is 0.364. The van der Waals surface area contributed by atoms with Crippen LogP contribution in [0, 0.1) is 23.1 Å². The zero-order valence-electron chi connectivity index (χ0n) is 16.3. The van der Waals surface area contributed by atoms with E-state index >= 15 is 0 Å². The summed E-state index contributed by atoms with van der Waals surface area (Å²) in [5.41, 5.74) is 1.20. The number of rotatable bonds is 5. The largest absolute Gasteiger partial charge is 0.326 e. The Hall–Kier alpha value is -2.76.